The van der Waals surface area contributed by atoms with Crippen LogP contribution in [0.4, 0.5) is 8.78 Å². The molecule has 1 aliphatic rings. The normalized spacial score (nSPS) is 23.6. The van der Waals surface area contributed by atoms with Crippen molar-refractivity contribution in [2.24, 2.45) is 0 Å². The Hall–Kier alpha value is -1.04. The van der Waals surface area contributed by atoms with Gasteiger partial charge in [0.15, 0.2) is 0 Å². The number of nitrogens with one attached hydrogen (secondary N) is 1. The summed E-state index contributed by atoms with van der Waals surface area (Å²) in [5.74, 6) is -2.88. The molecule has 0 radical (unpaired) electrons. The van der Waals surface area contributed by atoms with Crippen LogP contribution in [-0.2, 0) is 16.1 Å². The van der Waals surface area contributed by atoms with Crippen LogP contribution in [0.5, 0.6) is 0 Å². The van der Waals surface area contributed by atoms with E-state index in [0.717, 1.165) is 5.56 Å². The van der Waals surface area contributed by atoms with E-state index in [1.807, 2.05) is 30.3 Å². The summed E-state index contributed by atoms with van der Waals surface area (Å²) in [5.41, 5.74) is 0.965. The first-order valence-corrected chi connectivity index (χ1v) is 6.00. The first-order valence-electron chi connectivity index (χ1n) is 6.00. The van der Waals surface area contributed by atoms with Gasteiger partial charge in [0.25, 0.3) is 5.92 Å². The van der Waals surface area contributed by atoms with Gasteiger partial charge in [-0.2, -0.15) is 0 Å². The highest BCUT2D eigenvalue weighted by Gasteiger charge is 2.41. The van der Waals surface area contributed by atoms with Crippen molar-refractivity contribution >= 4 is 0 Å². The number of benzene rings is 1. The Labute approximate surface area is 105 Å². The fourth-order valence-corrected chi connectivity index (χ4v) is 1.79. The highest BCUT2D eigenvalue weighted by Crippen LogP contribution is 2.22. The Balaban J connectivity index is 1.81. The molecule has 0 spiro atoms. The van der Waals surface area contributed by atoms with Crippen LogP contribution < -0.4 is 5.32 Å². The van der Waals surface area contributed by atoms with E-state index in [2.05, 4.69) is 5.32 Å². The summed E-state index contributed by atoms with van der Waals surface area (Å²) in [6, 6.07) is 9.47. The van der Waals surface area contributed by atoms with Crippen molar-refractivity contribution in [3.8, 4) is 0 Å². The van der Waals surface area contributed by atoms with Crippen LogP contribution in [0.3, 0.4) is 0 Å². The van der Waals surface area contributed by atoms with Gasteiger partial charge in [0, 0.05) is 6.54 Å². The van der Waals surface area contributed by atoms with Crippen LogP contribution in [0.2, 0.25) is 0 Å². The molecule has 5 heteroatoms. The number of ether oxygens (including phenoxy) is 2. The molecule has 1 heterocycles. The molecule has 2 rings (SSSR count). The Kier molecular flexibility index (Phi) is 4.63. The van der Waals surface area contributed by atoms with E-state index in [1.54, 1.807) is 0 Å². The Morgan fingerprint density at radius 1 is 1.33 bits per heavy atom. The van der Waals surface area contributed by atoms with E-state index in [1.165, 1.54) is 0 Å². The number of rotatable bonds is 4. The third-order valence-electron chi connectivity index (χ3n) is 2.81. The Morgan fingerprint density at radius 2 is 2.11 bits per heavy atom. The van der Waals surface area contributed by atoms with Gasteiger partial charge in [0.1, 0.15) is 6.10 Å². The summed E-state index contributed by atoms with van der Waals surface area (Å²) < 4.78 is 37.6. The van der Waals surface area contributed by atoms with Gasteiger partial charge < -0.3 is 14.8 Å². The smallest absolute Gasteiger partial charge is 0.288 e. The average molecular weight is 257 g/mol. The summed E-state index contributed by atoms with van der Waals surface area (Å²) >= 11 is 0. The molecule has 0 aliphatic carbocycles. The lowest BCUT2D eigenvalue weighted by Gasteiger charge is -2.23. The minimum Gasteiger partial charge on any atom is -0.374 e. The van der Waals surface area contributed by atoms with Crippen molar-refractivity contribution in [3.63, 3.8) is 0 Å². The van der Waals surface area contributed by atoms with Gasteiger partial charge in [0.2, 0.25) is 0 Å². The highest BCUT2D eigenvalue weighted by atomic mass is 19.3. The van der Waals surface area contributed by atoms with Crippen LogP contribution in [0.1, 0.15) is 5.56 Å². The van der Waals surface area contributed by atoms with E-state index >= 15 is 0 Å². The van der Waals surface area contributed by atoms with E-state index < -0.39 is 12.0 Å². The fourth-order valence-electron chi connectivity index (χ4n) is 1.79. The number of hydrogen-bond donors (Lipinski definition) is 1. The van der Waals surface area contributed by atoms with Crippen LogP contribution in [-0.4, -0.2) is 38.3 Å². The first kappa shape index (κ1) is 13.4. The SMILES string of the molecule is FC1(F)CNCCOC1COCc1ccccc1. The lowest BCUT2D eigenvalue weighted by atomic mass is 10.2. The molecule has 1 N–H and O–H groups in total. The molecular formula is C13H17F2NO2. The maximum absolute atomic E-state index is 13.6. The first-order chi connectivity index (χ1) is 8.68. The molecule has 1 aromatic rings. The second kappa shape index (κ2) is 6.22. The Morgan fingerprint density at radius 3 is 2.89 bits per heavy atom. The van der Waals surface area contributed by atoms with Crippen molar-refractivity contribution < 1.29 is 18.3 Å². The van der Waals surface area contributed by atoms with Crippen molar-refractivity contribution in [3.05, 3.63) is 35.9 Å². The molecule has 0 saturated carbocycles. The second-order valence-corrected chi connectivity index (χ2v) is 4.30. The van der Waals surface area contributed by atoms with E-state index in [-0.39, 0.29) is 19.8 Å². The molecule has 1 aromatic carbocycles. The predicted octanol–water partition coefficient (Wildman–Crippen LogP) is 1.83. The predicted molar refractivity (Wildman–Crippen MR) is 63.7 cm³/mol. The van der Waals surface area contributed by atoms with E-state index in [4.69, 9.17) is 9.47 Å². The molecular weight excluding hydrogens is 240 g/mol. The van der Waals surface area contributed by atoms with Crippen molar-refractivity contribution in [2.45, 2.75) is 18.6 Å². The summed E-state index contributed by atoms with van der Waals surface area (Å²) in [6.45, 7) is 0.611. The maximum Gasteiger partial charge on any atom is 0.288 e. The monoisotopic (exact) mass is 257 g/mol. The third-order valence-corrected chi connectivity index (χ3v) is 2.81. The molecule has 0 aromatic heterocycles. The minimum atomic E-state index is -2.88. The van der Waals surface area contributed by atoms with Crippen molar-refractivity contribution in [1.82, 2.24) is 5.32 Å². The highest BCUT2D eigenvalue weighted by molar-refractivity contribution is 5.13. The fraction of sp³-hybridized carbons (Fsp3) is 0.538. The van der Waals surface area contributed by atoms with Crippen LogP contribution in [0.15, 0.2) is 30.3 Å². The zero-order chi connectivity index (χ0) is 12.8. The molecule has 1 fully saturated rings. The second-order valence-electron chi connectivity index (χ2n) is 4.30. The number of hydrogen-bond acceptors (Lipinski definition) is 3. The van der Waals surface area contributed by atoms with Gasteiger partial charge in [-0.1, -0.05) is 30.3 Å². The van der Waals surface area contributed by atoms with E-state index in [9.17, 15) is 8.78 Å². The Bertz CT molecular complexity index is 359. The molecule has 0 bridgehead atoms. The topological polar surface area (TPSA) is 30.5 Å². The molecule has 1 unspecified atom stereocenters. The van der Waals surface area contributed by atoms with E-state index in [0.29, 0.717) is 13.2 Å². The summed E-state index contributed by atoms with van der Waals surface area (Å²) in [4.78, 5) is 0. The summed E-state index contributed by atoms with van der Waals surface area (Å²) in [7, 11) is 0. The minimum absolute atomic E-state index is 0.0937. The molecule has 100 valence electrons. The number of halogens is 2. The van der Waals surface area contributed by atoms with Crippen LogP contribution in [0.25, 0.3) is 0 Å². The van der Waals surface area contributed by atoms with Gasteiger partial charge >= 0.3 is 0 Å². The molecule has 0 amide bonds. The van der Waals surface area contributed by atoms with Crippen molar-refractivity contribution in [1.29, 1.82) is 0 Å². The summed E-state index contributed by atoms with van der Waals surface area (Å²) in [6.07, 6.45) is -1.17. The molecule has 1 saturated heterocycles. The molecule has 18 heavy (non-hydrogen) atoms. The van der Waals surface area contributed by atoms with Gasteiger partial charge in [0.05, 0.1) is 26.4 Å². The standard InChI is InChI=1S/C13H17F2NO2/c14-13(15)10-16-6-7-18-12(13)9-17-8-11-4-2-1-3-5-11/h1-5,12,16H,6-10H2. The van der Waals surface area contributed by atoms with Gasteiger partial charge in [-0.25, -0.2) is 8.78 Å². The zero-order valence-corrected chi connectivity index (χ0v) is 10.1. The molecule has 1 atom stereocenters. The maximum atomic E-state index is 13.6. The number of alkyl halides is 2. The van der Waals surface area contributed by atoms with Crippen molar-refractivity contribution in [2.75, 3.05) is 26.3 Å². The van der Waals surface area contributed by atoms with Crippen LogP contribution >= 0.6 is 0 Å². The average Bonchev–Trinajstić information content (AvgIpc) is 2.53. The quantitative estimate of drug-likeness (QED) is 0.892. The molecule has 3 nitrogen and oxygen atoms in total. The lowest BCUT2D eigenvalue weighted by Crippen LogP contribution is -2.43. The van der Waals surface area contributed by atoms with Gasteiger partial charge in [-0.3, -0.25) is 0 Å². The zero-order valence-electron chi connectivity index (χ0n) is 10.1. The largest absolute Gasteiger partial charge is 0.374 e. The van der Waals surface area contributed by atoms with Gasteiger partial charge in [-0.05, 0) is 5.56 Å². The van der Waals surface area contributed by atoms with Crippen LogP contribution in [0, 0.1) is 0 Å². The van der Waals surface area contributed by atoms with Gasteiger partial charge in [-0.15, -0.1) is 0 Å². The lowest BCUT2D eigenvalue weighted by molar-refractivity contribution is -0.147. The summed E-state index contributed by atoms with van der Waals surface area (Å²) in [5, 5.41) is 2.65. The molecule has 1 aliphatic heterocycles. The third kappa shape index (κ3) is 3.73.